The Morgan fingerprint density at radius 2 is 2.22 bits per heavy atom. The van der Waals surface area contributed by atoms with Crippen LogP contribution in [0.4, 0.5) is 0 Å². The maximum atomic E-state index is 5.77. The Labute approximate surface area is 167 Å². The van der Waals surface area contributed by atoms with E-state index in [4.69, 9.17) is 14.2 Å². The van der Waals surface area contributed by atoms with Crippen LogP contribution in [0, 0.1) is 6.92 Å². The average Bonchev–Trinajstić information content (AvgIpc) is 3.41. The molecule has 3 aromatic heterocycles. The third-order valence-corrected chi connectivity index (χ3v) is 6.23. The van der Waals surface area contributed by atoms with Crippen LogP contribution in [0.5, 0.6) is 0 Å². The van der Waals surface area contributed by atoms with Gasteiger partial charge in [-0.25, -0.2) is 0 Å². The summed E-state index contributed by atoms with van der Waals surface area (Å²) in [6.07, 6.45) is 5.35. The molecule has 6 nitrogen and oxygen atoms in total. The fraction of sp³-hybridized carbons (Fsp3) is 0.421. The van der Waals surface area contributed by atoms with Gasteiger partial charge in [-0.05, 0) is 56.0 Å². The Morgan fingerprint density at radius 3 is 3.07 bits per heavy atom. The van der Waals surface area contributed by atoms with Gasteiger partial charge in [0.2, 0.25) is 5.82 Å². The molecular weight excluding hydrogens is 384 g/mol. The number of pyridine rings is 1. The van der Waals surface area contributed by atoms with Crippen molar-refractivity contribution in [1.82, 2.24) is 20.4 Å². The van der Waals surface area contributed by atoms with Crippen molar-refractivity contribution in [3.63, 3.8) is 0 Å². The number of nitrogens with zero attached hydrogens (tertiary/aromatic N) is 3. The summed E-state index contributed by atoms with van der Waals surface area (Å²) in [5.41, 5.74) is 4.48. The van der Waals surface area contributed by atoms with Crippen molar-refractivity contribution in [2.24, 2.45) is 0 Å². The molecule has 27 heavy (non-hydrogen) atoms. The van der Waals surface area contributed by atoms with Gasteiger partial charge in [-0.3, -0.25) is 4.98 Å². The van der Waals surface area contributed by atoms with E-state index < -0.39 is 0 Å². The molecular formula is C19H21ClN4O2S. The number of rotatable bonds is 3. The maximum Gasteiger partial charge on any atom is 0.268 e. The zero-order chi connectivity index (χ0) is 17.5. The molecule has 0 saturated carbocycles. The number of aryl methyl sites for hydroxylation is 1. The van der Waals surface area contributed by atoms with Crippen LogP contribution < -0.4 is 5.32 Å². The van der Waals surface area contributed by atoms with Crippen LogP contribution in [0.2, 0.25) is 0 Å². The molecule has 0 bridgehead atoms. The molecule has 1 saturated heterocycles. The Hall–Kier alpha value is -1.80. The summed E-state index contributed by atoms with van der Waals surface area (Å²) in [4.78, 5) is 11.4. The van der Waals surface area contributed by atoms with E-state index >= 15 is 0 Å². The summed E-state index contributed by atoms with van der Waals surface area (Å²) in [6, 6.07) is 4.16. The third-order valence-electron chi connectivity index (χ3n) is 5.07. The highest BCUT2D eigenvalue weighted by Gasteiger charge is 2.23. The largest absolute Gasteiger partial charge is 0.373 e. The molecule has 2 aliphatic rings. The van der Waals surface area contributed by atoms with E-state index in [2.05, 4.69) is 27.6 Å². The molecule has 142 valence electrons. The molecule has 0 amide bonds. The van der Waals surface area contributed by atoms with Gasteiger partial charge in [0.1, 0.15) is 0 Å². The number of hydrogen-bond acceptors (Lipinski definition) is 7. The van der Waals surface area contributed by atoms with Crippen LogP contribution in [0.1, 0.15) is 40.6 Å². The lowest BCUT2D eigenvalue weighted by Gasteiger charge is -2.19. The number of aromatic nitrogens is 3. The minimum atomic E-state index is 0. The van der Waals surface area contributed by atoms with Crippen LogP contribution in [-0.2, 0) is 17.7 Å². The summed E-state index contributed by atoms with van der Waals surface area (Å²) in [6.45, 7) is 4.66. The van der Waals surface area contributed by atoms with Gasteiger partial charge in [-0.2, -0.15) is 4.98 Å². The second kappa shape index (κ2) is 7.67. The molecule has 1 unspecified atom stereocenters. The SMILES string of the molecule is Cc1ncc2c(c1-c1noc(-c3ccc(C4CCCO4)s3)n1)CCNC2.Cl. The summed E-state index contributed by atoms with van der Waals surface area (Å²) in [5.74, 6) is 1.20. The van der Waals surface area contributed by atoms with Crippen LogP contribution >= 0.6 is 23.7 Å². The molecule has 3 aromatic rings. The Bertz CT molecular complexity index is 949. The van der Waals surface area contributed by atoms with Crippen molar-refractivity contribution >= 4 is 23.7 Å². The van der Waals surface area contributed by atoms with E-state index in [-0.39, 0.29) is 18.5 Å². The molecule has 0 spiro atoms. The number of ether oxygens (including phenoxy) is 1. The third kappa shape index (κ3) is 3.40. The second-order valence-electron chi connectivity index (χ2n) is 6.78. The number of fused-ring (bicyclic) bond motifs is 1. The number of hydrogen-bond donors (Lipinski definition) is 1. The van der Waals surface area contributed by atoms with E-state index in [1.165, 1.54) is 16.0 Å². The van der Waals surface area contributed by atoms with Gasteiger partial charge in [0.25, 0.3) is 5.89 Å². The highest BCUT2D eigenvalue weighted by atomic mass is 35.5. The van der Waals surface area contributed by atoms with Gasteiger partial charge >= 0.3 is 0 Å². The molecule has 0 aromatic carbocycles. The minimum absolute atomic E-state index is 0. The van der Waals surface area contributed by atoms with Gasteiger partial charge in [0, 0.05) is 35.5 Å². The van der Waals surface area contributed by atoms with Crippen molar-refractivity contribution < 1.29 is 9.26 Å². The van der Waals surface area contributed by atoms with Gasteiger partial charge in [-0.15, -0.1) is 23.7 Å². The number of nitrogens with one attached hydrogen (secondary N) is 1. The van der Waals surface area contributed by atoms with Gasteiger partial charge in [0.05, 0.1) is 11.0 Å². The van der Waals surface area contributed by atoms with Gasteiger partial charge < -0.3 is 14.6 Å². The monoisotopic (exact) mass is 404 g/mol. The molecule has 1 atom stereocenters. The minimum Gasteiger partial charge on any atom is -0.373 e. The van der Waals surface area contributed by atoms with E-state index in [1.54, 1.807) is 11.3 Å². The molecule has 5 rings (SSSR count). The molecule has 2 aliphatic heterocycles. The Balaban J connectivity index is 0.00000180. The smallest absolute Gasteiger partial charge is 0.268 e. The highest BCUT2D eigenvalue weighted by molar-refractivity contribution is 7.15. The van der Waals surface area contributed by atoms with E-state index in [0.29, 0.717) is 11.7 Å². The first-order valence-electron chi connectivity index (χ1n) is 9.03. The normalized spacial score (nSPS) is 18.9. The van der Waals surface area contributed by atoms with Gasteiger partial charge in [0.15, 0.2) is 0 Å². The number of thiophene rings is 1. The van der Waals surface area contributed by atoms with Crippen molar-refractivity contribution in [2.75, 3.05) is 13.2 Å². The molecule has 8 heteroatoms. The quantitative estimate of drug-likeness (QED) is 0.708. The van der Waals surface area contributed by atoms with Crippen LogP contribution in [0.15, 0.2) is 22.9 Å². The first kappa shape index (κ1) is 18.6. The van der Waals surface area contributed by atoms with Crippen LogP contribution in [0.3, 0.4) is 0 Å². The highest BCUT2D eigenvalue weighted by Crippen LogP contribution is 2.37. The molecule has 1 N–H and O–H groups in total. The average molecular weight is 405 g/mol. The zero-order valence-electron chi connectivity index (χ0n) is 15.0. The summed E-state index contributed by atoms with van der Waals surface area (Å²) >= 11 is 1.68. The van der Waals surface area contributed by atoms with Crippen molar-refractivity contribution in [1.29, 1.82) is 0 Å². The summed E-state index contributed by atoms with van der Waals surface area (Å²) < 4.78 is 11.4. The Morgan fingerprint density at radius 1 is 1.30 bits per heavy atom. The molecule has 0 aliphatic carbocycles. The van der Waals surface area contributed by atoms with Crippen molar-refractivity contribution in [3.05, 3.63) is 40.0 Å². The van der Waals surface area contributed by atoms with E-state index in [9.17, 15) is 0 Å². The fourth-order valence-corrected chi connectivity index (χ4v) is 4.75. The van der Waals surface area contributed by atoms with Crippen molar-refractivity contribution in [2.45, 2.75) is 38.8 Å². The van der Waals surface area contributed by atoms with Crippen LogP contribution in [-0.4, -0.2) is 28.3 Å². The predicted octanol–water partition coefficient (Wildman–Crippen LogP) is 4.09. The second-order valence-corrected chi connectivity index (χ2v) is 7.89. The zero-order valence-corrected chi connectivity index (χ0v) is 16.7. The predicted molar refractivity (Wildman–Crippen MR) is 106 cm³/mol. The standard InChI is InChI=1S/C19H20N4O2S.ClH/c1-11-17(13-6-7-20-9-12(13)10-21-11)18-22-19(25-23-18)16-5-4-15(26-16)14-3-2-8-24-14;/h4-5,10,14,20H,2-3,6-9H2,1H3;1H. The maximum absolute atomic E-state index is 5.77. The van der Waals surface area contributed by atoms with Crippen molar-refractivity contribution in [3.8, 4) is 22.2 Å². The number of halogens is 1. The lowest BCUT2D eigenvalue weighted by molar-refractivity contribution is 0.114. The molecule has 1 fully saturated rings. The first-order valence-corrected chi connectivity index (χ1v) is 9.85. The van der Waals surface area contributed by atoms with E-state index in [1.807, 2.05) is 13.1 Å². The summed E-state index contributed by atoms with van der Waals surface area (Å²) in [7, 11) is 0. The van der Waals surface area contributed by atoms with Crippen LogP contribution in [0.25, 0.3) is 22.2 Å². The molecule has 5 heterocycles. The molecule has 0 radical (unpaired) electrons. The topological polar surface area (TPSA) is 73.1 Å². The lowest BCUT2D eigenvalue weighted by Crippen LogP contribution is -2.24. The fourth-order valence-electron chi connectivity index (χ4n) is 3.74. The Kier molecular flexibility index (Phi) is 5.27. The van der Waals surface area contributed by atoms with E-state index in [0.717, 1.165) is 55.1 Å². The van der Waals surface area contributed by atoms with Gasteiger partial charge in [-0.1, -0.05) is 5.16 Å². The lowest BCUT2D eigenvalue weighted by atomic mass is 9.95. The first-order chi connectivity index (χ1) is 12.8. The summed E-state index contributed by atoms with van der Waals surface area (Å²) in [5, 5.41) is 7.65.